The maximum Gasteiger partial charge on any atom is 0.119 e. The first-order chi connectivity index (χ1) is 8.54. The van der Waals surface area contributed by atoms with Gasteiger partial charge >= 0.3 is 0 Å². The highest BCUT2D eigenvalue weighted by Gasteiger charge is 2.15. The molecule has 18 heavy (non-hydrogen) atoms. The highest BCUT2D eigenvalue weighted by Crippen LogP contribution is 2.33. The van der Waals surface area contributed by atoms with Gasteiger partial charge in [-0.05, 0) is 50.3 Å². The number of ether oxygens (including phenoxy) is 1. The smallest absolute Gasteiger partial charge is 0.119 e. The first-order valence-corrected chi connectivity index (χ1v) is 7.06. The lowest BCUT2D eigenvalue weighted by Gasteiger charge is -2.22. The van der Waals surface area contributed by atoms with Crippen LogP contribution in [0.1, 0.15) is 57.4 Å². The predicted molar refractivity (Wildman–Crippen MR) is 76.0 cm³/mol. The van der Waals surface area contributed by atoms with E-state index in [2.05, 4.69) is 24.3 Å². The third-order valence-electron chi connectivity index (χ3n) is 3.57. The largest absolute Gasteiger partial charge is 0.492 e. The number of benzene rings is 1. The zero-order valence-electron chi connectivity index (χ0n) is 11.6. The van der Waals surface area contributed by atoms with Gasteiger partial charge in [-0.25, -0.2) is 0 Å². The van der Waals surface area contributed by atoms with Crippen molar-refractivity contribution in [1.29, 1.82) is 0 Å². The Balaban J connectivity index is 1.92. The summed E-state index contributed by atoms with van der Waals surface area (Å²) < 4.78 is 5.69. The van der Waals surface area contributed by atoms with Crippen molar-refractivity contribution in [3.05, 3.63) is 29.8 Å². The van der Waals surface area contributed by atoms with Crippen LogP contribution < -0.4 is 10.5 Å². The Bertz CT molecular complexity index is 358. The summed E-state index contributed by atoms with van der Waals surface area (Å²) >= 11 is 0. The molecule has 0 saturated heterocycles. The van der Waals surface area contributed by atoms with Gasteiger partial charge in [-0.1, -0.05) is 31.4 Å². The maximum absolute atomic E-state index is 5.91. The topological polar surface area (TPSA) is 35.2 Å². The van der Waals surface area contributed by atoms with Crippen molar-refractivity contribution in [2.75, 3.05) is 6.61 Å². The van der Waals surface area contributed by atoms with E-state index in [1.807, 2.05) is 13.8 Å². The summed E-state index contributed by atoms with van der Waals surface area (Å²) in [6.45, 7) is 4.50. The maximum atomic E-state index is 5.91. The van der Waals surface area contributed by atoms with Crippen LogP contribution in [0.5, 0.6) is 5.75 Å². The van der Waals surface area contributed by atoms with Crippen LogP contribution in [0.15, 0.2) is 24.3 Å². The number of nitrogens with two attached hydrogens (primary N) is 1. The van der Waals surface area contributed by atoms with Crippen LogP contribution in [-0.4, -0.2) is 12.1 Å². The summed E-state index contributed by atoms with van der Waals surface area (Å²) in [5.74, 6) is 1.69. The molecule has 1 aliphatic carbocycles. The van der Waals surface area contributed by atoms with E-state index >= 15 is 0 Å². The zero-order chi connectivity index (χ0) is 13.0. The summed E-state index contributed by atoms with van der Waals surface area (Å²) in [6.07, 6.45) is 6.85. The number of rotatable bonds is 4. The summed E-state index contributed by atoms with van der Waals surface area (Å²) in [5, 5.41) is 0. The normalized spacial score (nSPS) is 17.7. The Morgan fingerprint density at radius 3 is 2.28 bits per heavy atom. The number of hydrogen-bond donors (Lipinski definition) is 1. The fourth-order valence-electron chi connectivity index (χ4n) is 2.54. The second kappa shape index (κ2) is 5.75. The van der Waals surface area contributed by atoms with Crippen molar-refractivity contribution in [2.45, 2.75) is 57.4 Å². The van der Waals surface area contributed by atoms with Crippen LogP contribution in [-0.2, 0) is 0 Å². The molecule has 0 radical (unpaired) electrons. The molecule has 2 heteroatoms. The van der Waals surface area contributed by atoms with Gasteiger partial charge < -0.3 is 10.5 Å². The van der Waals surface area contributed by atoms with Gasteiger partial charge in [0.25, 0.3) is 0 Å². The molecule has 1 aromatic rings. The minimum Gasteiger partial charge on any atom is -0.492 e. The van der Waals surface area contributed by atoms with Crippen LogP contribution >= 0.6 is 0 Å². The molecule has 0 spiro atoms. The van der Waals surface area contributed by atoms with E-state index in [1.54, 1.807) is 0 Å². The molecule has 0 bridgehead atoms. The van der Waals surface area contributed by atoms with E-state index in [4.69, 9.17) is 10.5 Å². The Hall–Kier alpha value is -1.02. The van der Waals surface area contributed by atoms with E-state index in [0.29, 0.717) is 6.61 Å². The molecular weight excluding hydrogens is 222 g/mol. The summed E-state index contributed by atoms with van der Waals surface area (Å²) in [7, 11) is 0. The van der Waals surface area contributed by atoms with Crippen molar-refractivity contribution in [1.82, 2.24) is 0 Å². The van der Waals surface area contributed by atoms with E-state index in [-0.39, 0.29) is 5.54 Å². The van der Waals surface area contributed by atoms with Gasteiger partial charge in [-0.15, -0.1) is 0 Å². The molecule has 1 fully saturated rings. The van der Waals surface area contributed by atoms with Gasteiger partial charge in [0.2, 0.25) is 0 Å². The molecule has 0 aromatic heterocycles. The lowest BCUT2D eigenvalue weighted by atomic mass is 9.84. The van der Waals surface area contributed by atoms with E-state index < -0.39 is 0 Å². The fourth-order valence-corrected chi connectivity index (χ4v) is 2.54. The lowest BCUT2D eigenvalue weighted by Crippen LogP contribution is -2.38. The lowest BCUT2D eigenvalue weighted by molar-refractivity contribution is 0.243. The standard InChI is InChI=1S/C16H25NO/c1-16(2,17)12-18-15-10-8-14(9-11-15)13-6-4-3-5-7-13/h8-11,13H,3-7,12,17H2,1-2H3. The molecule has 1 aliphatic rings. The highest BCUT2D eigenvalue weighted by molar-refractivity contribution is 5.29. The molecule has 0 aliphatic heterocycles. The second-order valence-electron chi connectivity index (χ2n) is 6.18. The molecular formula is C16H25NO. The molecule has 2 N–H and O–H groups in total. The monoisotopic (exact) mass is 247 g/mol. The van der Waals surface area contributed by atoms with Crippen LogP contribution in [0.25, 0.3) is 0 Å². The van der Waals surface area contributed by atoms with E-state index in [9.17, 15) is 0 Å². The van der Waals surface area contributed by atoms with Crippen molar-refractivity contribution in [3.8, 4) is 5.75 Å². The molecule has 2 nitrogen and oxygen atoms in total. The van der Waals surface area contributed by atoms with Crippen LogP contribution in [0.4, 0.5) is 0 Å². The minimum absolute atomic E-state index is 0.276. The predicted octanol–water partition coefficient (Wildman–Crippen LogP) is 3.85. The second-order valence-corrected chi connectivity index (χ2v) is 6.18. The zero-order valence-corrected chi connectivity index (χ0v) is 11.6. The van der Waals surface area contributed by atoms with Crippen molar-refractivity contribution in [3.63, 3.8) is 0 Å². The quantitative estimate of drug-likeness (QED) is 0.877. The Labute approximate surface area is 111 Å². The van der Waals surface area contributed by atoms with Crippen LogP contribution in [0.3, 0.4) is 0 Å². The van der Waals surface area contributed by atoms with E-state index in [1.165, 1.54) is 37.7 Å². The third kappa shape index (κ3) is 4.02. The molecule has 0 unspecified atom stereocenters. The number of hydrogen-bond acceptors (Lipinski definition) is 2. The van der Waals surface area contributed by atoms with Crippen LogP contribution in [0.2, 0.25) is 0 Å². The molecule has 0 atom stereocenters. The van der Waals surface area contributed by atoms with Crippen molar-refractivity contribution < 1.29 is 4.74 Å². The average Bonchev–Trinajstić information content (AvgIpc) is 2.37. The minimum atomic E-state index is -0.276. The van der Waals surface area contributed by atoms with Gasteiger partial charge in [-0.3, -0.25) is 0 Å². The van der Waals surface area contributed by atoms with Crippen molar-refractivity contribution >= 4 is 0 Å². The summed E-state index contributed by atoms with van der Waals surface area (Å²) in [5.41, 5.74) is 7.10. The molecule has 0 heterocycles. The van der Waals surface area contributed by atoms with Crippen LogP contribution in [0, 0.1) is 0 Å². The van der Waals surface area contributed by atoms with Gasteiger partial charge in [0, 0.05) is 5.54 Å². The molecule has 2 rings (SSSR count). The third-order valence-corrected chi connectivity index (χ3v) is 3.57. The first kappa shape index (κ1) is 13.4. The van der Waals surface area contributed by atoms with E-state index in [0.717, 1.165) is 11.7 Å². The SMILES string of the molecule is CC(C)(N)COc1ccc(C2CCCCC2)cc1. The highest BCUT2D eigenvalue weighted by atomic mass is 16.5. The van der Waals surface area contributed by atoms with Gasteiger partial charge in [0.05, 0.1) is 0 Å². The molecule has 100 valence electrons. The summed E-state index contributed by atoms with van der Waals surface area (Å²) in [6, 6.07) is 8.59. The Morgan fingerprint density at radius 2 is 1.72 bits per heavy atom. The molecule has 0 amide bonds. The Morgan fingerprint density at radius 1 is 1.11 bits per heavy atom. The first-order valence-electron chi connectivity index (χ1n) is 7.06. The van der Waals surface area contributed by atoms with Gasteiger partial charge in [0.1, 0.15) is 12.4 Å². The fraction of sp³-hybridized carbons (Fsp3) is 0.625. The molecule has 1 aromatic carbocycles. The van der Waals surface area contributed by atoms with Crippen molar-refractivity contribution in [2.24, 2.45) is 5.73 Å². The summed E-state index contributed by atoms with van der Waals surface area (Å²) in [4.78, 5) is 0. The molecule has 1 saturated carbocycles. The van der Waals surface area contributed by atoms with Gasteiger partial charge in [0.15, 0.2) is 0 Å². The Kier molecular flexibility index (Phi) is 4.28. The average molecular weight is 247 g/mol. The van der Waals surface area contributed by atoms with Gasteiger partial charge in [-0.2, -0.15) is 0 Å².